The van der Waals surface area contributed by atoms with Crippen LogP contribution in [0.1, 0.15) is 34.3 Å². The molecule has 0 aliphatic heterocycles. The minimum Gasteiger partial charge on any atom is -0.455 e. The largest absolute Gasteiger partial charge is 0.455 e. The van der Waals surface area contributed by atoms with Gasteiger partial charge in [-0.25, -0.2) is 0 Å². The molecule has 0 saturated heterocycles. The Labute approximate surface area is 205 Å². The van der Waals surface area contributed by atoms with Crippen LogP contribution in [0.2, 0.25) is 0 Å². The summed E-state index contributed by atoms with van der Waals surface area (Å²) < 4.78 is 48.5. The van der Waals surface area contributed by atoms with E-state index in [0.717, 1.165) is 5.56 Å². The predicted molar refractivity (Wildman–Crippen MR) is 126 cm³/mol. The summed E-state index contributed by atoms with van der Waals surface area (Å²) in [6.07, 6.45) is -4.20. The maximum absolute atomic E-state index is 13.7. The van der Waals surface area contributed by atoms with Gasteiger partial charge in [-0.15, -0.1) is 0 Å². The minimum absolute atomic E-state index is 0.113. The number of rotatable bonds is 6. The second-order valence-corrected chi connectivity index (χ2v) is 8.37. The highest BCUT2D eigenvalue weighted by Gasteiger charge is 2.54. The van der Waals surface area contributed by atoms with E-state index in [9.17, 15) is 27.6 Å². The van der Waals surface area contributed by atoms with E-state index in [0.29, 0.717) is 11.1 Å². The summed E-state index contributed by atoms with van der Waals surface area (Å²) in [5, 5.41) is 0. The molecule has 0 heterocycles. The van der Waals surface area contributed by atoms with E-state index in [1.54, 1.807) is 66.7 Å². The molecule has 0 aromatic heterocycles. The molecule has 0 radical (unpaired) electrons. The number of fused-ring (bicyclic) bond motifs is 1. The highest BCUT2D eigenvalue weighted by Crippen LogP contribution is 2.46. The Morgan fingerprint density at radius 1 is 0.861 bits per heavy atom. The number of halogens is 3. The fourth-order valence-electron chi connectivity index (χ4n) is 4.17. The fraction of sp³-hybridized carbons (Fsp3) is 0.179. The van der Waals surface area contributed by atoms with Crippen LogP contribution in [0.15, 0.2) is 84.9 Å². The molecule has 0 fully saturated rings. The molecule has 1 aliphatic rings. The minimum atomic E-state index is -4.81. The van der Waals surface area contributed by atoms with E-state index in [1.807, 2.05) is 6.07 Å². The summed E-state index contributed by atoms with van der Waals surface area (Å²) in [7, 11) is 0. The van der Waals surface area contributed by atoms with Crippen LogP contribution in [-0.2, 0) is 14.3 Å². The zero-order valence-electron chi connectivity index (χ0n) is 19.0. The van der Waals surface area contributed by atoms with Gasteiger partial charge in [0.2, 0.25) is 0 Å². The number of para-hydroxylation sites is 1. The van der Waals surface area contributed by atoms with Gasteiger partial charge in [0.1, 0.15) is 11.2 Å². The second-order valence-electron chi connectivity index (χ2n) is 8.37. The molecule has 0 bridgehead atoms. The van der Waals surface area contributed by atoms with Gasteiger partial charge in [0.05, 0.1) is 6.42 Å². The third kappa shape index (κ3) is 5.54. The Bertz CT molecular complexity index is 1300. The molecule has 1 atom stereocenters. The molecule has 0 unspecified atom stereocenters. The van der Waals surface area contributed by atoms with Crippen molar-refractivity contribution in [1.82, 2.24) is 0 Å². The summed E-state index contributed by atoms with van der Waals surface area (Å²) in [6.45, 7) is -1.88. The number of allylic oxidation sites excluding steroid dienone is 1. The first-order valence-electron chi connectivity index (χ1n) is 11.1. The third-order valence-electron chi connectivity index (χ3n) is 5.76. The van der Waals surface area contributed by atoms with Gasteiger partial charge in [-0.1, -0.05) is 78.9 Å². The molecular formula is C28H21F3O5. The molecule has 4 rings (SSSR count). The Morgan fingerprint density at radius 2 is 1.44 bits per heavy atom. The number of ketones is 1. The number of benzene rings is 3. The second kappa shape index (κ2) is 10.2. The Hall–Kier alpha value is -4.20. The highest BCUT2D eigenvalue weighted by molar-refractivity contribution is 6.19. The molecule has 3 aromatic rings. The molecule has 0 saturated carbocycles. The summed E-state index contributed by atoms with van der Waals surface area (Å²) in [4.78, 5) is 39.8. The molecule has 0 spiro atoms. The molecular weight excluding hydrogens is 473 g/mol. The number of esters is 2. The lowest BCUT2D eigenvalue weighted by Gasteiger charge is -2.35. The van der Waals surface area contributed by atoms with Crippen LogP contribution >= 0.6 is 0 Å². The van der Waals surface area contributed by atoms with Gasteiger partial charge in [-0.2, -0.15) is 13.2 Å². The van der Waals surface area contributed by atoms with Crippen molar-refractivity contribution in [2.45, 2.75) is 19.0 Å². The van der Waals surface area contributed by atoms with Gasteiger partial charge in [-0.3, -0.25) is 14.4 Å². The molecule has 184 valence electrons. The first-order valence-corrected chi connectivity index (χ1v) is 11.1. The summed E-state index contributed by atoms with van der Waals surface area (Å²) in [5.74, 6) is -2.99. The summed E-state index contributed by atoms with van der Waals surface area (Å²) in [6, 6.07) is 23.4. The maximum Gasteiger partial charge on any atom is 0.422 e. The quantitative estimate of drug-likeness (QED) is 0.242. The zero-order chi connectivity index (χ0) is 25.8. The first-order chi connectivity index (χ1) is 17.2. The third-order valence-corrected chi connectivity index (χ3v) is 5.76. The van der Waals surface area contributed by atoms with Crippen LogP contribution in [0.3, 0.4) is 0 Å². The summed E-state index contributed by atoms with van der Waals surface area (Å²) in [5.41, 5.74) is -0.329. The van der Waals surface area contributed by atoms with Gasteiger partial charge in [-0.05, 0) is 35.3 Å². The van der Waals surface area contributed by atoms with E-state index in [4.69, 9.17) is 4.74 Å². The van der Waals surface area contributed by atoms with Crippen molar-refractivity contribution in [3.8, 4) is 5.75 Å². The molecule has 0 amide bonds. The van der Waals surface area contributed by atoms with Gasteiger partial charge in [0.15, 0.2) is 12.4 Å². The average Bonchev–Trinajstić information content (AvgIpc) is 2.86. The molecule has 0 N–H and O–H groups in total. The van der Waals surface area contributed by atoms with Crippen molar-refractivity contribution in [3.63, 3.8) is 0 Å². The topological polar surface area (TPSA) is 69.7 Å². The zero-order valence-corrected chi connectivity index (χ0v) is 19.0. The number of Topliss-reactive ketones (excluding diaryl/α,β-unsaturated/α-hetero) is 1. The van der Waals surface area contributed by atoms with Crippen molar-refractivity contribution in [2.24, 2.45) is 5.41 Å². The lowest BCUT2D eigenvalue weighted by molar-refractivity contribution is -0.192. The number of ether oxygens (including phenoxy) is 2. The van der Waals surface area contributed by atoms with Gasteiger partial charge < -0.3 is 9.47 Å². The normalized spacial score (nSPS) is 18.4. The number of carbonyl (C=O) groups excluding carboxylic acids is 3. The number of alkyl halides is 3. The van der Waals surface area contributed by atoms with Crippen LogP contribution < -0.4 is 4.74 Å². The molecule has 8 heteroatoms. The fourth-order valence-corrected chi connectivity index (χ4v) is 4.17. The van der Waals surface area contributed by atoms with Crippen LogP contribution in [0.4, 0.5) is 13.2 Å². The molecule has 1 aliphatic carbocycles. The average molecular weight is 494 g/mol. The molecule has 5 nitrogen and oxygen atoms in total. The number of carbonyl (C=O) groups is 3. The summed E-state index contributed by atoms with van der Waals surface area (Å²) >= 11 is 0. The maximum atomic E-state index is 13.7. The van der Waals surface area contributed by atoms with Crippen molar-refractivity contribution in [1.29, 1.82) is 0 Å². The van der Waals surface area contributed by atoms with Crippen molar-refractivity contribution in [2.75, 3.05) is 6.61 Å². The van der Waals surface area contributed by atoms with E-state index in [-0.39, 0.29) is 17.7 Å². The van der Waals surface area contributed by atoms with Gasteiger partial charge in [0, 0.05) is 5.56 Å². The standard InChI is InChI=1S/C28H21F3O5/c29-28(30,31)18-35-26(34)27(17-24(32)36-21-11-5-2-6-12-21)16-20(15-19-9-3-1-4-10-19)22-13-7-8-14-23(22)25(27)33/h1-15H,16-18H2/b20-15+/t27-/m0/s1. The van der Waals surface area contributed by atoms with E-state index in [2.05, 4.69) is 4.74 Å². The van der Waals surface area contributed by atoms with Crippen LogP contribution in [0.5, 0.6) is 5.75 Å². The lowest BCUT2D eigenvalue weighted by atomic mass is 9.66. The highest BCUT2D eigenvalue weighted by atomic mass is 19.4. The Kier molecular flexibility index (Phi) is 7.05. The SMILES string of the molecule is O=C(C[C@@]1(C(=O)OCC(F)(F)F)C/C(=C\c2ccccc2)c2ccccc2C1=O)Oc1ccccc1. The monoisotopic (exact) mass is 494 g/mol. The lowest BCUT2D eigenvalue weighted by Crippen LogP contribution is -2.46. The first kappa shape index (κ1) is 24.9. The molecule has 36 heavy (non-hydrogen) atoms. The van der Waals surface area contributed by atoms with E-state index >= 15 is 0 Å². The van der Waals surface area contributed by atoms with Crippen LogP contribution in [0, 0.1) is 5.41 Å². The van der Waals surface area contributed by atoms with Crippen LogP contribution in [0.25, 0.3) is 11.6 Å². The van der Waals surface area contributed by atoms with Gasteiger partial charge in [0.25, 0.3) is 0 Å². The number of hydrogen-bond acceptors (Lipinski definition) is 5. The van der Waals surface area contributed by atoms with Crippen molar-refractivity contribution < 1.29 is 37.0 Å². The molecule has 3 aromatic carbocycles. The van der Waals surface area contributed by atoms with E-state index in [1.165, 1.54) is 18.2 Å². The van der Waals surface area contributed by atoms with Crippen LogP contribution in [-0.4, -0.2) is 30.5 Å². The smallest absolute Gasteiger partial charge is 0.422 e. The Balaban J connectivity index is 1.78. The van der Waals surface area contributed by atoms with Crippen molar-refractivity contribution in [3.05, 3.63) is 102 Å². The predicted octanol–water partition coefficient (Wildman–Crippen LogP) is 5.90. The number of hydrogen-bond donors (Lipinski definition) is 0. The Morgan fingerprint density at radius 3 is 2.08 bits per heavy atom. The van der Waals surface area contributed by atoms with Crippen molar-refractivity contribution >= 4 is 29.4 Å². The van der Waals surface area contributed by atoms with Gasteiger partial charge >= 0.3 is 18.1 Å². The van der Waals surface area contributed by atoms with E-state index < -0.39 is 42.3 Å².